The standard InChI is InChI=1S/C12H15BrN2O4/c1-14-6-5-7(12(14)16)10-8(15(17)18)3-4-9(19-2)11(10)13/h3-4,7,10-11H,5-6H2,1-2H3. The van der Waals surface area contributed by atoms with E-state index in [1.165, 1.54) is 13.2 Å². The second-order valence-electron chi connectivity index (χ2n) is 4.70. The summed E-state index contributed by atoms with van der Waals surface area (Å²) in [5.74, 6) is -0.296. The molecule has 0 saturated carbocycles. The Bertz CT molecular complexity index is 474. The van der Waals surface area contributed by atoms with Gasteiger partial charge < -0.3 is 9.64 Å². The number of hydrogen-bond donors (Lipinski definition) is 0. The predicted octanol–water partition coefficient (Wildman–Crippen LogP) is 1.55. The zero-order valence-corrected chi connectivity index (χ0v) is 12.3. The number of hydrogen-bond acceptors (Lipinski definition) is 4. The monoisotopic (exact) mass is 330 g/mol. The van der Waals surface area contributed by atoms with Gasteiger partial charge in [0, 0.05) is 19.7 Å². The van der Waals surface area contributed by atoms with Crippen molar-refractivity contribution in [1.82, 2.24) is 4.90 Å². The van der Waals surface area contributed by atoms with Gasteiger partial charge in [0.25, 0.3) is 5.70 Å². The molecule has 0 N–H and O–H groups in total. The van der Waals surface area contributed by atoms with E-state index in [0.29, 0.717) is 18.7 Å². The molecule has 1 aliphatic heterocycles. The molecule has 3 unspecified atom stereocenters. The van der Waals surface area contributed by atoms with E-state index in [2.05, 4.69) is 15.9 Å². The van der Waals surface area contributed by atoms with Crippen molar-refractivity contribution in [2.24, 2.45) is 11.8 Å². The van der Waals surface area contributed by atoms with Crippen LogP contribution in [-0.2, 0) is 9.53 Å². The first-order valence-corrected chi connectivity index (χ1v) is 6.88. The summed E-state index contributed by atoms with van der Waals surface area (Å²) < 4.78 is 5.21. The number of methoxy groups -OCH3 is 1. The van der Waals surface area contributed by atoms with Crippen LogP contribution < -0.4 is 0 Å². The van der Waals surface area contributed by atoms with Crippen molar-refractivity contribution in [3.05, 3.63) is 33.7 Å². The number of allylic oxidation sites excluding steroid dienone is 4. The maximum Gasteiger partial charge on any atom is 0.251 e. The average molecular weight is 331 g/mol. The minimum atomic E-state index is -0.493. The molecule has 3 atom stereocenters. The molecule has 1 saturated heterocycles. The van der Waals surface area contributed by atoms with Crippen LogP contribution in [0.2, 0.25) is 0 Å². The third-order valence-corrected chi connectivity index (χ3v) is 4.72. The highest BCUT2D eigenvalue weighted by atomic mass is 79.9. The van der Waals surface area contributed by atoms with Crippen LogP contribution >= 0.6 is 15.9 Å². The Labute approximate surface area is 119 Å². The van der Waals surface area contributed by atoms with E-state index in [1.54, 1.807) is 18.0 Å². The van der Waals surface area contributed by atoms with Gasteiger partial charge in [-0.15, -0.1) is 0 Å². The normalized spacial score (nSPS) is 31.0. The number of nitrogens with zero attached hydrogens (tertiary/aromatic N) is 2. The molecule has 0 spiro atoms. The largest absolute Gasteiger partial charge is 0.500 e. The molecule has 1 fully saturated rings. The van der Waals surface area contributed by atoms with E-state index in [9.17, 15) is 14.9 Å². The summed E-state index contributed by atoms with van der Waals surface area (Å²) in [6.07, 6.45) is 3.65. The lowest BCUT2D eigenvalue weighted by Crippen LogP contribution is -2.36. The number of alkyl halides is 1. The molecule has 1 heterocycles. The Morgan fingerprint density at radius 3 is 2.68 bits per heavy atom. The van der Waals surface area contributed by atoms with Crippen molar-refractivity contribution in [1.29, 1.82) is 0 Å². The highest BCUT2D eigenvalue weighted by Gasteiger charge is 2.47. The Morgan fingerprint density at radius 2 is 2.21 bits per heavy atom. The molecule has 0 aromatic heterocycles. The summed E-state index contributed by atoms with van der Waals surface area (Å²) in [6.45, 7) is 0.636. The third kappa shape index (κ3) is 2.39. The molecule has 0 radical (unpaired) electrons. The van der Waals surface area contributed by atoms with E-state index in [-0.39, 0.29) is 22.3 Å². The molecule has 104 valence electrons. The van der Waals surface area contributed by atoms with Crippen molar-refractivity contribution >= 4 is 21.8 Å². The van der Waals surface area contributed by atoms with Crippen LogP contribution in [0.15, 0.2) is 23.6 Å². The van der Waals surface area contributed by atoms with Crippen molar-refractivity contribution in [3.8, 4) is 0 Å². The number of carbonyl (C=O) groups excluding carboxylic acids is 1. The van der Waals surface area contributed by atoms with Gasteiger partial charge in [-0.3, -0.25) is 14.9 Å². The van der Waals surface area contributed by atoms with Crippen LogP contribution in [0.1, 0.15) is 6.42 Å². The van der Waals surface area contributed by atoms with Gasteiger partial charge in [0.1, 0.15) is 5.76 Å². The van der Waals surface area contributed by atoms with Gasteiger partial charge in [0.15, 0.2) is 0 Å². The summed E-state index contributed by atoms with van der Waals surface area (Å²) >= 11 is 3.44. The number of ether oxygens (including phenoxy) is 1. The molecule has 0 aromatic rings. The first-order valence-electron chi connectivity index (χ1n) is 5.96. The number of amides is 1. The van der Waals surface area contributed by atoms with E-state index in [4.69, 9.17) is 4.74 Å². The van der Waals surface area contributed by atoms with Crippen molar-refractivity contribution < 1.29 is 14.5 Å². The Morgan fingerprint density at radius 1 is 1.53 bits per heavy atom. The van der Waals surface area contributed by atoms with Crippen LogP contribution in [0.3, 0.4) is 0 Å². The zero-order valence-electron chi connectivity index (χ0n) is 10.7. The molecule has 0 bridgehead atoms. The fourth-order valence-corrected chi connectivity index (χ4v) is 3.63. The van der Waals surface area contributed by atoms with Crippen molar-refractivity contribution in [2.45, 2.75) is 11.2 Å². The van der Waals surface area contributed by atoms with Crippen molar-refractivity contribution in [2.75, 3.05) is 20.7 Å². The third-order valence-electron chi connectivity index (χ3n) is 3.70. The molecular weight excluding hydrogens is 316 g/mol. The second-order valence-corrected chi connectivity index (χ2v) is 5.69. The molecule has 19 heavy (non-hydrogen) atoms. The molecule has 2 rings (SSSR count). The smallest absolute Gasteiger partial charge is 0.251 e. The minimum Gasteiger partial charge on any atom is -0.500 e. The zero-order chi connectivity index (χ0) is 14.2. The molecule has 0 aromatic carbocycles. The Hall–Kier alpha value is -1.37. The van der Waals surface area contributed by atoms with Gasteiger partial charge in [-0.25, -0.2) is 0 Å². The Kier molecular flexibility index (Phi) is 3.93. The maximum absolute atomic E-state index is 12.1. The number of likely N-dealkylation sites (tertiary alicyclic amines) is 1. The Balaban J connectivity index is 2.36. The molecule has 6 nitrogen and oxygen atoms in total. The maximum atomic E-state index is 12.1. The average Bonchev–Trinajstić information content (AvgIpc) is 2.69. The molecule has 7 heteroatoms. The van der Waals surface area contributed by atoms with Gasteiger partial charge >= 0.3 is 0 Å². The number of nitro groups is 1. The molecule has 1 amide bonds. The van der Waals surface area contributed by atoms with Gasteiger partial charge in [0.05, 0.1) is 28.7 Å². The van der Waals surface area contributed by atoms with Crippen LogP contribution in [0.4, 0.5) is 0 Å². The van der Waals surface area contributed by atoms with Gasteiger partial charge in [-0.1, -0.05) is 15.9 Å². The fraction of sp³-hybridized carbons (Fsp3) is 0.583. The molecule has 1 aliphatic carbocycles. The predicted molar refractivity (Wildman–Crippen MR) is 72.1 cm³/mol. The topological polar surface area (TPSA) is 72.7 Å². The van der Waals surface area contributed by atoms with Crippen LogP contribution in [0.25, 0.3) is 0 Å². The lowest BCUT2D eigenvalue weighted by atomic mass is 9.82. The fourth-order valence-electron chi connectivity index (χ4n) is 2.65. The van der Waals surface area contributed by atoms with E-state index < -0.39 is 10.8 Å². The van der Waals surface area contributed by atoms with E-state index in [0.717, 1.165) is 0 Å². The van der Waals surface area contributed by atoms with E-state index in [1.807, 2.05) is 0 Å². The SMILES string of the molecule is COC1=CC=C([N+](=O)[O-])C(C2CCN(C)C2=O)C1Br. The first kappa shape index (κ1) is 14.0. The second kappa shape index (κ2) is 5.32. The molecular formula is C12H15BrN2O4. The van der Waals surface area contributed by atoms with Crippen LogP contribution in [0, 0.1) is 22.0 Å². The highest BCUT2D eigenvalue weighted by molar-refractivity contribution is 9.09. The minimum absolute atomic E-state index is 0.0421. The quantitative estimate of drug-likeness (QED) is 0.447. The van der Waals surface area contributed by atoms with E-state index >= 15 is 0 Å². The van der Waals surface area contributed by atoms with Gasteiger partial charge in [0.2, 0.25) is 5.91 Å². The van der Waals surface area contributed by atoms with Crippen molar-refractivity contribution in [3.63, 3.8) is 0 Å². The van der Waals surface area contributed by atoms with Gasteiger partial charge in [-0.05, 0) is 12.5 Å². The summed E-state index contributed by atoms with van der Waals surface area (Å²) in [5, 5.41) is 11.2. The summed E-state index contributed by atoms with van der Waals surface area (Å²) in [4.78, 5) is 24.1. The summed E-state index contributed by atoms with van der Waals surface area (Å²) in [7, 11) is 3.24. The number of carbonyl (C=O) groups is 1. The number of rotatable bonds is 3. The number of halogens is 1. The highest BCUT2D eigenvalue weighted by Crippen LogP contribution is 2.40. The lowest BCUT2D eigenvalue weighted by molar-refractivity contribution is -0.435. The van der Waals surface area contributed by atoms with Gasteiger partial charge in [-0.2, -0.15) is 0 Å². The molecule has 2 aliphatic rings. The lowest BCUT2D eigenvalue weighted by Gasteiger charge is -2.28. The van der Waals surface area contributed by atoms with Crippen LogP contribution in [-0.4, -0.2) is 41.3 Å². The first-order chi connectivity index (χ1) is 8.97. The summed E-state index contributed by atoms with van der Waals surface area (Å²) in [5.41, 5.74) is 0.0660. The van der Waals surface area contributed by atoms with Crippen LogP contribution in [0.5, 0.6) is 0 Å². The summed E-state index contributed by atoms with van der Waals surface area (Å²) in [6, 6.07) is 0.